The Morgan fingerprint density at radius 1 is 1.09 bits per heavy atom. The average Bonchev–Trinajstić information content (AvgIpc) is 2.44. The maximum atomic E-state index is 10.2. The lowest BCUT2D eigenvalue weighted by molar-refractivity contribution is -0.143. The first-order valence-corrected chi connectivity index (χ1v) is 9.13. The zero-order valence-electron chi connectivity index (χ0n) is 14.0. The standard InChI is InChI=1S/C10H23N.C4H6O7S/c1-4-7-8-9-10(11,5-2)6-3;5-3(6)1-2(4(7)8)12(9,10)11/h4-9,11H2,1-3H3;2H,1H2,(H,5,6)(H,7,8)(H,9,10,11). The molecule has 0 aromatic heterocycles. The van der Waals surface area contributed by atoms with Crippen molar-refractivity contribution < 1.29 is 32.8 Å². The Morgan fingerprint density at radius 3 is 1.78 bits per heavy atom. The molecule has 0 spiro atoms. The molecule has 1 unspecified atom stereocenters. The largest absolute Gasteiger partial charge is 0.481 e. The summed E-state index contributed by atoms with van der Waals surface area (Å²) in [5.74, 6) is -3.50. The van der Waals surface area contributed by atoms with Crippen LogP contribution >= 0.6 is 0 Å². The number of nitrogens with two attached hydrogens (primary N) is 1. The van der Waals surface area contributed by atoms with E-state index in [9.17, 15) is 18.0 Å². The monoisotopic (exact) mass is 355 g/mol. The molecule has 0 fully saturated rings. The van der Waals surface area contributed by atoms with Crippen molar-refractivity contribution in [2.24, 2.45) is 5.73 Å². The SMILES string of the molecule is CCCCCC(N)(CC)CC.O=C(O)CC(C(=O)O)S(=O)(=O)O. The van der Waals surface area contributed by atoms with Gasteiger partial charge in [-0.2, -0.15) is 8.42 Å². The van der Waals surface area contributed by atoms with E-state index in [1.54, 1.807) is 0 Å². The van der Waals surface area contributed by atoms with Gasteiger partial charge in [0, 0.05) is 5.54 Å². The van der Waals surface area contributed by atoms with Gasteiger partial charge in [0.05, 0.1) is 6.42 Å². The average molecular weight is 355 g/mol. The van der Waals surface area contributed by atoms with Crippen molar-refractivity contribution in [2.45, 2.75) is 76.5 Å². The Bertz CT molecular complexity index is 458. The fourth-order valence-electron chi connectivity index (χ4n) is 1.81. The van der Waals surface area contributed by atoms with Crippen LogP contribution in [0.15, 0.2) is 0 Å². The van der Waals surface area contributed by atoms with Gasteiger partial charge >= 0.3 is 11.9 Å². The summed E-state index contributed by atoms with van der Waals surface area (Å²) < 4.78 is 28.7. The highest BCUT2D eigenvalue weighted by molar-refractivity contribution is 7.87. The van der Waals surface area contributed by atoms with Crippen molar-refractivity contribution in [1.29, 1.82) is 0 Å². The van der Waals surface area contributed by atoms with E-state index >= 15 is 0 Å². The number of hydrogen-bond acceptors (Lipinski definition) is 5. The molecular formula is C14H29NO7S. The molecule has 9 heteroatoms. The minimum absolute atomic E-state index is 0.134. The van der Waals surface area contributed by atoms with E-state index in [0.29, 0.717) is 0 Å². The number of aliphatic carboxylic acids is 2. The Kier molecular flexibility index (Phi) is 11.9. The fourth-order valence-corrected chi connectivity index (χ4v) is 2.42. The molecule has 0 aliphatic heterocycles. The molecule has 0 aromatic rings. The van der Waals surface area contributed by atoms with Crippen LogP contribution in [0.4, 0.5) is 0 Å². The minimum atomic E-state index is -4.84. The predicted molar refractivity (Wildman–Crippen MR) is 86.9 cm³/mol. The second kappa shape index (κ2) is 11.4. The summed E-state index contributed by atoms with van der Waals surface area (Å²) in [7, 11) is -4.84. The Hall–Kier alpha value is -1.19. The van der Waals surface area contributed by atoms with Crippen LogP contribution in [0.25, 0.3) is 0 Å². The highest BCUT2D eigenvalue weighted by Gasteiger charge is 2.33. The molecule has 0 saturated carbocycles. The Labute approximate surface area is 137 Å². The smallest absolute Gasteiger partial charge is 0.325 e. The van der Waals surface area contributed by atoms with E-state index in [1.165, 1.54) is 25.7 Å². The normalized spacial score (nSPS) is 12.9. The molecule has 5 N–H and O–H groups in total. The van der Waals surface area contributed by atoms with Gasteiger partial charge in [-0.3, -0.25) is 14.1 Å². The van der Waals surface area contributed by atoms with Gasteiger partial charge in [0.1, 0.15) is 0 Å². The molecule has 138 valence electrons. The molecule has 0 saturated heterocycles. The van der Waals surface area contributed by atoms with Gasteiger partial charge in [-0.25, -0.2) is 0 Å². The molecule has 0 heterocycles. The molecule has 0 rings (SSSR count). The number of carbonyl (C=O) groups is 2. The van der Waals surface area contributed by atoms with Gasteiger partial charge in [0.25, 0.3) is 10.1 Å². The fraction of sp³-hybridized carbons (Fsp3) is 0.857. The first-order valence-electron chi connectivity index (χ1n) is 7.63. The van der Waals surface area contributed by atoms with Gasteiger partial charge < -0.3 is 15.9 Å². The van der Waals surface area contributed by atoms with Gasteiger partial charge in [-0.1, -0.05) is 40.0 Å². The van der Waals surface area contributed by atoms with Crippen molar-refractivity contribution in [3.63, 3.8) is 0 Å². The number of hydrogen-bond donors (Lipinski definition) is 4. The van der Waals surface area contributed by atoms with Crippen molar-refractivity contribution >= 4 is 22.1 Å². The quantitative estimate of drug-likeness (QED) is 0.342. The molecule has 0 amide bonds. The van der Waals surface area contributed by atoms with E-state index in [0.717, 1.165) is 12.8 Å². The maximum absolute atomic E-state index is 10.2. The zero-order chi connectivity index (χ0) is 18.7. The van der Waals surface area contributed by atoms with E-state index in [-0.39, 0.29) is 5.54 Å². The third-order valence-corrected chi connectivity index (χ3v) is 4.77. The maximum Gasteiger partial charge on any atom is 0.325 e. The van der Waals surface area contributed by atoms with Crippen LogP contribution < -0.4 is 5.73 Å². The van der Waals surface area contributed by atoms with Crippen LogP contribution in [0.1, 0.15) is 65.7 Å². The summed E-state index contributed by atoms with van der Waals surface area (Å²) in [4.78, 5) is 20.0. The molecule has 0 aliphatic carbocycles. The summed E-state index contributed by atoms with van der Waals surface area (Å²) in [6.07, 6.45) is 6.21. The lowest BCUT2D eigenvalue weighted by Crippen LogP contribution is -2.38. The molecular weight excluding hydrogens is 326 g/mol. The summed E-state index contributed by atoms with van der Waals surface area (Å²) in [6.45, 7) is 6.61. The number of carboxylic acid groups (broad SMARTS) is 2. The lowest BCUT2D eigenvalue weighted by Gasteiger charge is -2.26. The minimum Gasteiger partial charge on any atom is -0.481 e. The first-order chi connectivity index (χ1) is 10.4. The van der Waals surface area contributed by atoms with Crippen LogP contribution in [0.3, 0.4) is 0 Å². The van der Waals surface area contributed by atoms with E-state index in [1.807, 2.05) is 0 Å². The summed E-state index contributed by atoms with van der Waals surface area (Å²) in [5, 5.41) is 13.9. The highest BCUT2D eigenvalue weighted by Crippen LogP contribution is 2.19. The zero-order valence-corrected chi connectivity index (χ0v) is 14.8. The van der Waals surface area contributed by atoms with Crippen molar-refractivity contribution in [1.82, 2.24) is 0 Å². The summed E-state index contributed by atoms with van der Waals surface area (Å²) in [6, 6.07) is 0. The molecule has 0 radical (unpaired) electrons. The van der Waals surface area contributed by atoms with Gasteiger partial charge in [0.2, 0.25) is 0 Å². The topological polar surface area (TPSA) is 155 Å². The second-order valence-electron chi connectivity index (χ2n) is 5.47. The van der Waals surface area contributed by atoms with E-state index < -0.39 is 33.7 Å². The second-order valence-corrected chi connectivity index (χ2v) is 7.07. The Morgan fingerprint density at radius 2 is 1.57 bits per heavy atom. The number of rotatable bonds is 10. The van der Waals surface area contributed by atoms with Crippen molar-refractivity contribution in [2.75, 3.05) is 0 Å². The van der Waals surface area contributed by atoms with Gasteiger partial charge in [-0.05, 0) is 19.3 Å². The number of unbranched alkanes of at least 4 members (excludes halogenated alkanes) is 2. The van der Waals surface area contributed by atoms with Crippen LogP contribution in [-0.2, 0) is 19.7 Å². The van der Waals surface area contributed by atoms with E-state index in [2.05, 4.69) is 20.8 Å². The van der Waals surface area contributed by atoms with E-state index in [4.69, 9.17) is 20.5 Å². The van der Waals surface area contributed by atoms with Crippen LogP contribution in [0.2, 0.25) is 0 Å². The predicted octanol–water partition coefficient (Wildman–Crippen LogP) is 1.89. The molecule has 1 atom stereocenters. The van der Waals surface area contributed by atoms with Crippen LogP contribution in [-0.4, -0.2) is 45.9 Å². The van der Waals surface area contributed by atoms with Crippen molar-refractivity contribution in [3.8, 4) is 0 Å². The molecule has 8 nitrogen and oxygen atoms in total. The summed E-state index contributed by atoms with van der Waals surface area (Å²) >= 11 is 0. The van der Waals surface area contributed by atoms with Crippen LogP contribution in [0.5, 0.6) is 0 Å². The van der Waals surface area contributed by atoms with Crippen molar-refractivity contribution in [3.05, 3.63) is 0 Å². The third-order valence-electron chi connectivity index (χ3n) is 3.68. The molecule has 0 bridgehead atoms. The number of carboxylic acids is 2. The highest BCUT2D eigenvalue weighted by atomic mass is 32.2. The first kappa shape index (κ1) is 24.1. The molecule has 0 aliphatic rings. The van der Waals surface area contributed by atoms with Crippen LogP contribution in [0, 0.1) is 0 Å². The molecule has 0 aromatic carbocycles. The van der Waals surface area contributed by atoms with Gasteiger partial charge in [-0.15, -0.1) is 0 Å². The lowest BCUT2D eigenvalue weighted by atomic mass is 9.88. The Balaban J connectivity index is 0. The van der Waals surface area contributed by atoms with Gasteiger partial charge in [0.15, 0.2) is 5.25 Å². The third kappa shape index (κ3) is 12.0. The molecule has 23 heavy (non-hydrogen) atoms. The summed E-state index contributed by atoms with van der Waals surface area (Å²) in [5.41, 5.74) is 6.27.